The molecule has 0 radical (unpaired) electrons. The number of aryl methyl sites for hydroxylation is 1. The number of ether oxygens (including phenoxy) is 1. The van der Waals surface area contributed by atoms with E-state index in [9.17, 15) is 13.6 Å². The molecule has 0 fully saturated rings. The summed E-state index contributed by atoms with van der Waals surface area (Å²) >= 11 is 1.17. The molecule has 10 heteroatoms. The number of carbonyl (C=O) groups excluding carboxylic acids is 1. The fourth-order valence-electron chi connectivity index (χ4n) is 2.59. The summed E-state index contributed by atoms with van der Waals surface area (Å²) in [6.45, 7) is 3.03. The predicted octanol–water partition coefficient (Wildman–Crippen LogP) is 4.36. The second kappa shape index (κ2) is 9.37. The first kappa shape index (κ1) is 20.6. The van der Waals surface area contributed by atoms with Crippen molar-refractivity contribution < 1.29 is 22.7 Å². The van der Waals surface area contributed by atoms with Crippen LogP contribution >= 0.6 is 11.8 Å². The smallest absolute Gasteiger partial charge is 0.387 e. The molecule has 1 aromatic carbocycles. The van der Waals surface area contributed by atoms with E-state index in [0.717, 1.165) is 5.56 Å². The van der Waals surface area contributed by atoms with Gasteiger partial charge in [0.25, 0.3) is 0 Å². The van der Waals surface area contributed by atoms with Crippen molar-refractivity contribution >= 4 is 23.4 Å². The van der Waals surface area contributed by atoms with Crippen molar-refractivity contribution in [1.82, 2.24) is 14.8 Å². The molecule has 0 unspecified atom stereocenters. The molecule has 29 heavy (non-hydrogen) atoms. The normalized spacial score (nSPS) is 10.9. The van der Waals surface area contributed by atoms with Crippen LogP contribution in [0.3, 0.4) is 0 Å². The van der Waals surface area contributed by atoms with Crippen LogP contribution in [0.5, 0.6) is 5.75 Å². The summed E-state index contributed by atoms with van der Waals surface area (Å²) in [7, 11) is 0. The van der Waals surface area contributed by atoms with Gasteiger partial charge in [0.15, 0.2) is 11.0 Å². The molecular weight excluding hydrogens is 402 g/mol. The molecule has 0 aliphatic heterocycles. The third-order valence-corrected chi connectivity index (χ3v) is 4.80. The number of nitrogens with one attached hydrogen (secondary N) is 1. The number of anilines is 1. The lowest BCUT2D eigenvalue weighted by molar-refractivity contribution is -0.113. The minimum atomic E-state index is -2.98. The van der Waals surface area contributed by atoms with E-state index in [2.05, 4.69) is 26.8 Å². The van der Waals surface area contributed by atoms with Gasteiger partial charge in [0.05, 0.1) is 23.3 Å². The highest BCUT2D eigenvalue weighted by molar-refractivity contribution is 7.99. The van der Waals surface area contributed by atoms with E-state index in [-0.39, 0.29) is 17.2 Å². The monoisotopic (exact) mass is 420 g/mol. The van der Waals surface area contributed by atoms with Crippen molar-refractivity contribution in [3.05, 3.63) is 55.0 Å². The first-order chi connectivity index (χ1) is 14.0. The molecule has 0 aliphatic rings. The minimum absolute atomic E-state index is 0.00264. The van der Waals surface area contributed by atoms with Crippen molar-refractivity contribution in [2.75, 3.05) is 11.1 Å². The van der Waals surface area contributed by atoms with Gasteiger partial charge in [-0.2, -0.15) is 8.78 Å². The average Bonchev–Trinajstić information content (AvgIpc) is 3.27. The first-order valence-electron chi connectivity index (χ1n) is 8.54. The SMILES string of the molecule is C=CCn1c(SCC(=O)Nc2ccccc2OC(F)F)nnc1-c1ccoc1C. The van der Waals surface area contributed by atoms with E-state index >= 15 is 0 Å². The molecule has 3 rings (SSSR count). The number of rotatable bonds is 9. The van der Waals surface area contributed by atoms with Gasteiger partial charge < -0.3 is 14.5 Å². The lowest BCUT2D eigenvalue weighted by Crippen LogP contribution is -2.16. The summed E-state index contributed by atoms with van der Waals surface area (Å²) in [5, 5.41) is 11.4. The van der Waals surface area contributed by atoms with Crippen LogP contribution in [0.25, 0.3) is 11.4 Å². The van der Waals surface area contributed by atoms with Crippen LogP contribution in [-0.4, -0.2) is 33.0 Å². The van der Waals surface area contributed by atoms with Crippen molar-refractivity contribution in [1.29, 1.82) is 0 Å². The highest BCUT2D eigenvalue weighted by atomic mass is 32.2. The van der Waals surface area contributed by atoms with Gasteiger partial charge in [-0.25, -0.2) is 0 Å². The van der Waals surface area contributed by atoms with E-state index in [1.54, 1.807) is 30.5 Å². The Kier molecular flexibility index (Phi) is 6.65. The number of carbonyl (C=O) groups is 1. The van der Waals surface area contributed by atoms with Gasteiger partial charge in [-0.15, -0.1) is 16.8 Å². The molecule has 0 aliphatic carbocycles. The summed E-state index contributed by atoms with van der Waals surface area (Å²) in [6, 6.07) is 7.79. The Balaban J connectivity index is 1.70. The summed E-state index contributed by atoms with van der Waals surface area (Å²) in [6.07, 6.45) is 3.26. The average molecular weight is 420 g/mol. The van der Waals surface area contributed by atoms with E-state index in [0.29, 0.717) is 23.3 Å². The number of nitrogens with zero attached hydrogens (tertiary/aromatic N) is 3. The highest BCUT2D eigenvalue weighted by Gasteiger charge is 2.18. The lowest BCUT2D eigenvalue weighted by atomic mass is 10.2. The molecule has 0 spiro atoms. The van der Waals surface area contributed by atoms with Gasteiger partial charge in [-0.05, 0) is 25.1 Å². The van der Waals surface area contributed by atoms with Crippen LogP contribution in [0.1, 0.15) is 5.76 Å². The minimum Gasteiger partial charge on any atom is -0.469 e. The number of furan rings is 1. The molecular formula is C19H18F2N4O3S. The second-order valence-electron chi connectivity index (χ2n) is 5.81. The third kappa shape index (κ3) is 5.02. The van der Waals surface area contributed by atoms with Gasteiger partial charge in [0, 0.05) is 6.54 Å². The Hall–Kier alpha value is -3.14. The van der Waals surface area contributed by atoms with Gasteiger partial charge in [-0.3, -0.25) is 9.36 Å². The highest BCUT2D eigenvalue weighted by Crippen LogP contribution is 2.28. The molecule has 0 saturated carbocycles. The summed E-state index contributed by atoms with van der Waals surface area (Å²) in [5.41, 5.74) is 0.967. The third-order valence-electron chi connectivity index (χ3n) is 3.84. The molecule has 7 nitrogen and oxygen atoms in total. The fourth-order valence-corrected chi connectivity index (χ4v) is 3.34. The number of amides is 1. The van der Waals surface area contributed by atoms with Gasteiger partial charge in [-0.1, -0.05) is 30.0 Å². The van der Waals surface area contributed by atoms with Crippen molar-refractivity contribution in [3.63, 3.8) is 0 Å². The summed E-state index contributed by atoms with van der Waals surface area (Å²) in [5.74, 6) is 0.813. The molecule has 0 atom stereocenters. The molecule has 2 aromatic heterocycles. The largest absolute Gasteiger partial charge is 0.469 e. The van der Waals surface area contributed by atoms with Crippen LogP contribution in [0, 0.1) is 6.92 Å². The van der Waals surface area contributed by atoms with Crippen LogP contribution < -0.4 is 10.1 Å². The summed E-state index contributed by atoms with van der Waals surface area (Å²) in [4.78, 5) is 12.3. The van der Waals surface area contributed by atoms with Gasteiger partial charge in [0.2, 0.25) is 5.91 Å². The van der Waals surface area contributed by atoms with E-state index in [1.165, 1.54) is 23.9 Å². The lowest BCUT2D eigenvalue weighted by Gasteiger charge is -2.11. The second-order valence-corrected chi connectivity index (χ2v) is 6.75. The molecule has 1 N–H and O–H groups in total. The van der Waals surface area contributed by atoms with Crippen LogP contribution in [0.15, 0.2) is 58.8 Å². The maximum absolute atomic E-state index is 12.5. The van der Waals surface area contributed by atoms with Crippen LogP contribution in [-0.2, 0) is 11.3 Å². The number of alkyl halides is 2. The van der Waals surface area contributed by atoms with Crippen LogP contribution in [0.2, 0.25) is 0 Å². The van der Waals surface area contributed by atoms with Crippen LogP contribution in [0.4, 0.5) is 14.5 Å². The Labute approximate surface area is 169 Å². The Morgan fingerprint density at radius 1 is 1.38 bits per heavy atom. The maximum Gasteiger partial charge on any atom is 0.387 e. The topological polar surface area (TPSA) is 82.2 Å². The molecule has 0 bridgehead atoms. The zero-order valence-corrected chi connectivity index (χ0v) is 16.3. The number of hydrogen-bond acceptors (Lipinski definition) is 6. The maximum atomic E-state index is 12.5. The van der Waals surface area contributed by atoms with Gasteiger partial charge in [0.1, 0.15) is 11.5 Å². The number of para-hydroxylation sites is 2. The first-order valence-corrected chi connectivity index (χ1v) is 9.53. The van der Waals surface area contributed by atoms with E-state index < -0.39 is 12.5 Å². The van der Waals surface area contributed by atoms with Crippen molar-refractivity contribution in [2.45, 2.75) is 25.2 Å². The number of aromatic nitrogens is 3. The van der Waals surface area contributed by atoms with E-state index in [4.69, 9.17) is 4.42 Å². The standard InChI is InChI=1S/C19H18F2N4O3S/c1-3-9-25-17(13-8-10-27-12(13)2)23-24-19(25)29-11-16(26)22-14-6-4-5-7-15(14)28-18(20)21/h3-8,10,18H,1,9,11H2,2H3,(H,22,26). The molecule has 3 aromatic rings. The number of allylic oxidation sites excluding steroid dienone is 1. The number of benzene rings is 1. The quantitative estimate of drug-likeness (QED) is 0.409. The fraction of sp³-hybridized carbons (Fsp3) is 0.211. The number of thioether (sulfide) groups is 1. The Morgan fingerprint density at radius 2 is 2.17 bits per heavy atom. The molecule has 0 saturated heterocycles. The zero-order chi connectivity index (χ0) is 20.8. The zero-order valence-electron chi connectivity index (χ0n) is 15.5. The van der Waals surface area contributed by atoms with Crippen molar-refractivity contribution in [2.24, 2.45) is 0 Å². The predicted molar refractivity (Wildman–Crippen MR) is 105 cm³/mol. The molecule has 152 valence electrons. The molecule has 1 amide bonds. The molecule has 2 heterocycles. The Morgan fingerprint density at radius 3 is 2.86 bits per heavy atom. The van der Waals surface area contributed by atoms with Gasteiger partial charge >= 0.3 is 6.61 Å². The van der Waals surface area contributed by atoms with E-state index in [1.807, 2.05) is 11.5 Å². The van der Waals surface area contributed by atoms with Crippen molar-refractivity contribution in [3.8, 4) is 17.1 Å². The Bertz CT molecular complexity index is 1000. The number of halogens is 2. The number of hydrogen-bond donors (Lipinski definition) is 1. The summed E-state index contributed by atoms with van der Waals surface area (Å²) < 4.78 is 36.6.